The van der Waals surface area contributed by atoms with Gasteiger partial charge in [0, 0.05) is 6.04 Å². The van der Waals surface area contributed by atoms with E-state index in [4.69, 9.17) is 5.73 Å². The topological polar surface area (TPSA) is 52.3 Å². The quantitative estimate of drug-likeness (QED) is 0.764. The minimum absolute atomic E-state index is 0.158. The molecule has 0 heterocycles. The zero-order valence-corrected chi connectivity index (χ0v) is 9.14. The van der Waals surface area contributed by atoms with Crippen LogP contribution in [0.4, 0.5) is 0 Å². The first-order valence-corrected chi connectivity index (χ1v) is 5.02. The predicted octanol–water partition coefficient (Wildman–Crippen LogP) is 1.68. The van der Waals surface area contributed by atoms with Crippen LogP contribution < -0.4 is 5.73 Å². The zero-order valence-electron chi connectivity index (χ0n) is 9.14. The minimum atomic E-state index is -0.259. The van der Waals surface area contributed by atoms with Gasteiger partial charge in [0.2, 0.25) is 0 Å². The largest absolute Gasteiger partial charge is 0.469 e. The summed E-state index contributed by atoms with van der Waals surface area (Å²) in [6.45, 7) is 2.02. The molecule has 0 amide bonds. The molecule has 15 heavy (non-hydrogen) atoms. The van der Waals surface area contributed by atoms with Crippen LogP contribution in [0.5, 0.6) is 0 Å². The third-order valence-corrected chi connectivity index (χ3v) is 2.60. The SMILES string of the molecule is COC(=O)CC(N)C(C)c1ccccc1. The fraction of sp³-hybridized carbons (Fsp3) is 0.417. The molecule has 0 aliphatic heterocycles. The summed E-state index contributed by atoms with van der Waals surface area (Å²) >= 11 is 0. The highest BCUT2D eigenvalue weighted by atomic mass is 16.5. The predicted molar refractivity (Wildman–Crippen MR) is 59.5 cm³/mol. The van der Waals surface area contributed by atoms with Crippen LogP contribution in [0.25, 0.3) is 0 Å². The number of hydrogen-bond donors (Lipinski definition) is 1. The summed E-state index contributed by atoms with van der Waals surface area (Å²) in [5.41, 5.74) is 7.07. The van der Waals surface area contributed by atoms with Gasteiger partial charge in [0.05, 0.1) is 13.5 Å². The molecule has 3 heteroatoms. The highest BCUT2D eigenvalue weighted by molar-refractivity contribution is 5.70. The molecule has 0 aromatic heterocycles. The van der Waals surface area contributed by atoms with Crippen molar-refractivity contribution in [1.29, 1.82) is 0 Å². The number of rotatable bonds is 4. The second-order valence-electron chi connectivity index (χ2n) is 3.64. The van der Waals surface area contributed by atoms with E-state index in [-0.39, 0.29) is 24.3 Å². The second-order valence-corrected chi connectivity index (χ2v) is 3.64. The smallest absolute Gasteiger partial charge is 0.307 e. The Kier molecular flexibility index (Phi) is 4.31. The van der Waals surface area contributed by atoms with Crippen molar-refractivity contribution in [1.82, 2.24) is 0 Å². The van der Waals surface area contributed by atoms with Crippen LogP contribution in [-0.4, -0.2) is 19.1 Å². The van der Waals surface area contributed by atoms with Crippen molar-refractivity contribution in [2.45, 2.75) is 25.3 Å². The second kappa shape index (κ2) is 5.51. The van der Waals surface area contributed by atoms with Gasteiger partial charge in [-0.25, -0.2) is 0 Å². The molecule has 1 aromatic carbocycles. The lowest BCUT2D eigenvalue weighted by molar-refractivity contribution is -0.141. The fourth-order valence-electron chi connectivity index (χ4n) is 1.46. The average Bonchev–Trinajstić information content (AvgIpc) is 2.29. The Morgan fingerprint density at radius 3 is 2.53 bits per heavy atom. The number of hydrogen-bond acceptors (Lipinski definition) is 3. The third-order valence-electron chi connectivity index (χ3n) is 2.60. The Morgan fingerprint density at radius 1 is 1.40 bits per heavy atom. The summed E-state index contributed by atoms with van der Waals surface area (Å²) in [5.74, 6) is -0.101. The summed E-state index contributed by atoms with van der Waals surface area (Å²) in [4.78, 5) is 11.1. The molecule has 3 nitrogen and oxygen atoms in total. The fourth-order valence-corrected chi connectivity index (χ4v) is 1.46. The van der Waals surface area contributed by atoms with E-state index in [2.05, 4.69) is 4.74 Å². The van der Waals surface area contributed by atoms with Gasteiger partial charge in [-0.15, -0.1) is 0 Å². The number of carbonyl (C=O) groups is 1. The Hall–Kier alpha value is -1.35. The lowest BCUT2D eigenvalue weighted by Gasteiger charge is -2.19. The van der Waals surface area contributed by atoms with E-state index in [0.717, 1.165) is 5.56 Å². The molecule has 82 valence electrons. The van der Waals surface area contributed by atoms with Crippen molar-refractivity contribution in [3.63, 3.8) is 0 Å². The van der Waals surface area contributed by atoms with Crippen LogP contribution in [0.2, 0.25) is 0 Å². The molecule has 1 aromatic rings. The number of esters is 1. The molecule has 2 N–H and O–H groups in total. The van der Waals surface area contributed by atoms with Gasteiger partial charge < -0.3 is 10.5 Å². The molecule has 0 radical (unpaired) electrons. The number of methoxy groups -OCH3 is 1. The molecule has 0 saturated carbocycles. The van der Waals surface area contributed by atoms with E-state index in [1.807, 2.05) is 37.3 Å². The van der Waals surface area contributed by atoms with Crippen LogP contribution >= 0.6 is 0 Å². The third kappa shape index (κ3) is 3.36. The molecule has 0 aliphatic rings. The van der Waals surface area contributed by atoms with Crippen molar-refractivity contribution in [3.05, 3.63) is 35.9 Å². The van der Waals surface area contributed by atoms with Crippen molar-refractivity contribution < 1.29 is 9.53 Å². The summed E-state index contributed by atoms with van der Waals surface area (Å²) in [5, 5.41) is 0. The highest BCUT2D eigenvalue weighted by Gasteiger charge is 2.18. The van der Waals surface area contributed by atoms with E-state index < -0.39 is 0 Å². The summed E-state index contributed by atoms with van der Waals surface area (Å²) in [7, 11) is 1.38. The maximum absolute atomic E-state index is 11.1. The Balaban J connectivity index is 2.61. The first-order chi connectivity index (χ1) is 7.15. The van der Waals surface area contributed by atoms with Gasteiger partial charge in [0.1, 0.15) is 0 Å². The lowest BCUT2D eigenvalue weighted by atomic mass is 9.92. The molecule has 0 saturated heterocycles. The van der Waals surface area contributed by atoms with Crippen molar-refractivity contribution in [2.24, 2.45) is 5.73 Å². The van der Waals surface area contributed by atoms with Gasteiger partial charge >= 0.3 is 5.97 Å². The molecule has 0 aliphatic carbocycles. The van der Waals surface area contributed by atoms with Gasteiger partial charge in [-0.3, -0.25) is 4.79 Å². The molecule has 2 unspecified atom stereocenters. The van der Waals surface area contributed by atoms with Gasteiger partial charge in [0.25, 0.3) is 0 Å². The first-order valence-electron chi connectivity index (χ1n) is 5.02. The van der Waals surface area contributed by atoms with Gasteiger partial charge in [-0.2, -0.15) is 0 Å². The van der Waals surface area contributed by atoms with Gasteiger partial charge in [0.15, 0.2) is 0 Å². The van der Waals surface area contributed by atoms with Crippen LogP contribution in [-0.2, 0) is 9.53 Å². The van der Waals surface area contributed by atoms with E-state index in [9.17, 15) is 4.79 Å². The molecule has 0 spiro atoms. The van der Waals surface area contributed by atoms with Crippen LogP contribution in [0, 0.1) is 0 Å². The van der Waals surface area contributed by atoms with Crippen LogP contribution in [0.3, 0.4) is 0 Å². The van der Waals surface area contributed by atoms with Crippen LogP contribution in [0.15, 0.2) is 30.3 Å². The van der Waals surface area contributed by atoms with Crippen molar-refractivity contribution in [3.8, 4) is 0 Å². The van der Waals surface area contributed by atoms with Crippen molar-refractivity contribution in [2.75, 3.05) is 7.11 Å². The molecule has 2 atom stereocenters. The Labute approximate surface area is 90.2 Å². The summed E-state index contributed by atoms with van der Waals surface area (Å²) < 4.78 is 4.59. The standard InChI is InChI=1S/C12H17NO2/c1-9(10-6-4-3-5-7-10)11(13)8-12(14)15-2/h3-7,9,11H,8,13H2,1-2H3. The van der Waals surface area contributed by atoms with E-state index in [1.54, 1.807) is 0 Å². The Bertz CT molecular complexity index is 311. The zero-order chi connectivity index (χ0) is 11.3. The molecular formula is C12H17NO2. The number of benzene rings is 1. The lowest BCUT2D eigenvalue weighted by Crippen LogP contribution is -2.30. The molecule has 0 bridgehead atoms. The maximum Gasteiger partial charge on any atom is 0.307 e. The van der Waals surface area contributed by atoms with E-state index in [1.165, 1.54) is 7.11 Å². The number of ether oxygens (including phenoxy) is 1. The molecule has 0 fully saturated rings. The number of nitrogens with two attached hydrogens (primary N) is 1. The minimum Gasteiger partial charge on any atom is -0.469 e. The first kappa shape index (κ1) is 11.7. The molecular weight excluding hydrogens is 190 g/mol. The van der Waals surface area contributed by atoms with E-state index in [0.29, 0.717) is 0 Å². The monoisotopic (exact) mass is 207 g/mol. The number of carbonyl (C=O) groups excluding carboxylic acids is 1. The molecule has 1 rings (SSSR count). The van der Waals surface area contributed by atoms with E-state index >= 15 is 0 Å². The average molecular weight is 207 g/mol. The van der Waals surface area contributed by atoms with Gasteiger partial charge in [-0.1, -0.05) is 37.3 Å². The summed E-state index contributed by atoms with van der Waals surface area (Å²) in [6.07, 6.45) is 0.257. The highest BCUT2D eigenvalue weighted by Crippen LogP contribution is 2.19. The van der Waals surface area contributed by atoms with Gasteiger partial charge in [-0.05, 0) is 11.5 Å². The normalized spacial score (nSPS) is 14.3. The van der Waals surface area contributed by atoms with Crippen molar-refractivity contribution >= 4 is 5.97 Å². The summed E-state index contributed by atoms with van der Waals surface area (Å²) in [6, 6.07) is 9.74. The Morgan fingerprint density at radius 2 is 2.00 bits per heavy atom. The maximum atomic E-state index is 11.1. The van der Waals surface area contributed by atoms with Crippen LogP contribution in [0.1, 0.15) is 24.8 Å².